The second-order valence-electron chi connectivity index (χ2n) is 6.24. The molecular formula is C16H22N4O2. The van der Waals surface area contributed by atoms with Gasteiger partial charge in [0.05, 0.1) is 13.2 Å². The summed E-state index contributed by atoms with van der Waals surface area (Å²) in [5.41, 5.74) is 0.936. The molecule has 1 unspecified atom stereocenters. The summed E-state index contributed by atoms with van der Waals surface area (Å²) >= 11 is 0. The summed E-state index contributed by atoms with van der Waals surface area (Å²) < 4.78 is 5.14. The number of rotatable bonds is 4. The summed E-state index contributed by atoms with van der Waals surface area (Å²) in [6, 6.07) is 7.70. The molecule has 1 heterocycles. The maximum absolute atomic E-state index is 12.1. The van der Waals surface area contributed by atoms with Gasteiger partial charge in [-0.05, 0) is 24.6 Å². The predicted molar refractivity (Wildman–Crippen MR) is 86.4 cm³/mol. The Morgan fingerprint density at radius 3 is 2.32 bits per heavy atom. The largest absolute Gasteiger partial charge is 0.497 e. The SMILES string of the molecule is COc1ccc(C(C)Nc2nnc(C(C)(C)C)c(=O)[nH]2)cc1. The lowest BCUT2D eigenvalue weighted by molar-refractivity contribution is 0.414. The van der Waals surface area contributed by atoms with Crippen molar-refractivity contribution in [3.8, 4) is 5.75 Å². The van der Waals surface area contributed by atoms with E-state index in [-0.39, 0.29) is 17.0 Å². The van der Waals surface area contributed by atoms with E-state index in [9.17, 15) is 4.79 Å². The summed E-state index contributed by atoms with van der Waals surface area (Å²) in [6.45, 7) is 7.78. The van der Waals surface area contributed by atoms with Crippen LogP contribution in [-0.2, 0) is 5.41 Å². The molecule has 0 aliphatic heterocycles. The number of ether oxygens (including phenoxy) is 1. The molecule has 2 N–H and O–H groups in total. The second-order valence-corrected chi connectivity index (χ2v) is 6.24. The van der Waals surface area contributed by atoms with E-state index < -0.39 is 0 Å². The molecule has 1 atom stereocenters. The summed E-state index contributed by atoms with van der Waals surface area (Å²) in [5.74, 6) is 1.17. The average molecular weight is 302 g/mol. The molecule has 0 saturated heterocycles. The molecule has 2 rings (SSSR count). The number of methoxy groups -OCH3 is 1. The van der Waals surface area contributed by atoms with Crippen molar-refractivity contribution in [1.82, 2.24) is 15.2 Å². The number of aromatic nitrogens is 3. The third-order valence-electron chi connectivity index (χ3n) is 3.38. The molecule has 22 heavy (non-hydrogen) atoms. The number of anilines is 1. The Bertz CT molecular complexity index is 687. The second kappa shape index (κ2) is 6.17. The highest BCUT2D eigenvalue weighted by molar-refractivity contribution is 5.34. The topological polar surface area (TPSA) is 79.9 Å². The van der Waals surface area contributed by atoms with Crippen molar-refractivity contribution in [2.45, 2.75) is 39.2 Å². The van der Waals surface area contributed by atoms with Crippen LogP contribution in [0.25, 0.3) is 0 Å². The normalized spacial score (nSPS) is 12.8. The van der Waals surface area contributed by atoms with Gasteiger partial charge >= 0.3 is 0 Å². The minimum atomic E-state index is -0.333. The molecule has 0 spiro atoms. The maximum atomic E-state index is 12.1. The third-order valence-corrected chi connectivity index (χ3v) is 3.38. The third kappa shape index (κ3) is 3.63. The summed E-state index contributed by atoms with van der Waals surface area (Å²) in [7, 11) is 1.63. The number of hydrogen-bond donors (Lipinski definition) is 2. The molecular weight excluding hydrogens is 280 g/mol. The molecule has 1 aromatic heterocycles. The lowest BCUT2D eigenvalue weighted by Gasteiger charge is -2.17. The monoisotopic (exact) mass is 302 g/mol. The van der Waals surface area contributed by atoms with Crippen LogP contribution in [0.4, 0.5) is 5.95 Å². The van der Waals surface area contributed by atoms with Crippen molar-refractivity contribution in [2.24, 2.45) is 0 Å². The highest BCUT2D eigenvalue weighted by atomic mass is 16.5. The van der Waals surface area contributed by atoms with Gasteiger partial charge < -0.3 is 10.1 Å². The molecule has 0 bridgehead atoms. The highest BCUT2D eigenvalue weighted by Gasteiger charge is 2.20. The van der Waals surface area contributed by atoms with E-state index in [1.165, 1.54) is 0 Å². The van der Waals surface area contributed by atoms with E-state index in [0.29, 0.717) is 11.6 Å². The van der Waals surface area contributed by atoms with Crippen molar-refractivity contribution in [2.75, 3.05) is 12.4 Å². The first-order valence-electron chi connectivity index (χ1n) is 7.19. The summed E-state index contributed by atoms with van der Waals surface area (Å²) in [6.07, 6.45) is 0. The molecule has 0 saturated carbocycles. The maximum Gasteiger partial charge on any atom is 0.274 e. The minimum absolute atomic E-state index is 0.0173. The number of H-pyrrole nitrogens is 1. The first-order valence-corrected chi connectivity index (χ1v) is 7.19. The zero-order valence-corrected chi connectivity index (χ0v) is 13.6. The fraction of sp³-hybridized carbons (Fsp3) is 0.438. The Morgan fingerprint density at radius 1 is 1.18 bits per heavy atom. The first-order chi connectivity index (χ1) is 10.3. The van der Waals surface area contributed by atoms with Gasteiger partial charge in [-0.15, -0.1) is 10.2 Å². The van der Waals surface area contributed by atoms with Crippen molar-refractivity contribution >= 4 is 5.95 Å². The molecule has 0 amide bonds. The average Bonchev–Trinajstić information content (AvgIpc) is 2.46. The first kappa shape index (κ1) is 16.0. The number of hydrogen-bond acceptors (Lipinski definition) is 5. The molecule has 118 valence electrons. The molecule has 0 fully saturated rings. The summed E-state index contributed by atoms with van der Waals surface area (Å²) in [4.78, 5) is 14.8. The fourth-order valence-electron chi connectivity index (χ4n) is 2.07. The van der Waals surface area contributed by atoms with Crippen LogP contribution in [0, 0.1) is 0 Å². The Kier molecular flexibility index (Phi) is 4.49. The lowest BCUT2D eigenvalue weighted by Crippen LogP contribution is -2.28. The molecule has 6 nitrogen and oxygen atoms in total. The van der Waals surface area contributed by atoms with E-state index in [1.807, 2.05) is 52.0 Å². The van der Waals surface area contributed by atoms with E-state index in [4.69, 9.17) is 4.74 Å². The van der Waals surface area contributed by atoms with Gasteiger partial charge in [-0.3, -0.25) is 9.78 Å². The Balaban J connectivity index is 2.16. The van der Waals surface area contributed by atoms with Crippen LogP contribution in [0.3, 0.4) is 0 Å². The highest BCUT2D eigenvalue weighted by Crippen LogP contribution is 2.20. The van der Waals surface area contributed by atoms with Gasteiger partial charge in [-0.2, -0.15) is 0 Å². The molecule has 2 aromatic rings. The lowest BCUT2D eigenvalue weighted by atomic mass is 9.93. The van der Waals surface area contributed by atoms with E-state index >= 15 is 0 Å². The van der Waals surface area contributed by atoms with Gasteiger partial charge in [0.25, 0.3) is 5.56 Å². The van der Waals surface area contributed by atoms with Crippen LogP contribution in [0.1, 0.15) is 45.0 Å². The van der Waals surface area contributed by atoms with Gasteiger partial charge in [-0.25, -0.2) is 0 Å². The van der Waals surface area contributed by atoms with Crippen LogP contribution >= 0.6 is 0 Å². The van der Waals surface area contributed by atoms with Gasteiger partial charge in [-0.1, -0.05) is 32.9 Å². The van der Waals surface area contributed by atoms with Crippen LogP contribution in [0.5, 0.6) is 5.75 Å². The van der Waals surface area contributed by atoms with E-state index in [1.54, 1.807) is 7.11 Å². The number of nitrogens with zero attached hydrogens (tertiary/aromatic N) is 2. The molecule has 0 radical (unpaired) electrons. The Labute approximate surface area is 129 Å². The molecule has 0 aliphatic carbocycles. The van der Waals surface area contributed by atoms with Gasteiger partial charge in [0.2, 0.25) is 5.95 Å². The van der Waals surface area contributed by atoms with Gasteiger partial charge in [0, 0.05) is 5.41 Å². The molecule has 0 aliphatic rings. The number of aromatic amines is 1. The summed E-state index contributed by atoms with van der Waals surface area (Å²) in [5, 5.41) is 11.3. The van der Waals surface area contributed by atoms with Crippen LogP contribution in [-0.4, -0.2) is 22.3 Å². The quantitative estimate of drug-likeness (QED) is 0.907. The molecule has 1 aromatic carbocycles. The Morgan fingerprint density at radius 2 is 1.82 bits per heavy atom. The van der Waals surface area contributed by atoms with Crippen LogP contribution in [0.2, 0.25) is 0 Å². The predicted octanol–water partition coefficient (Wildman–Crippen LogP) is 2.64. The number of benzene rings is 1. The standard InChI is InChI=1S/C16H22N4O2/c1-10(11-6-8-12(22-5)9-7-11)17-15-18-14(21)13(19-20-15)16(2,3)4/h6-10H,1-5H3,(H2,17,18,20,21). The van der Waals surface area contributed by atoms with E-state index in [0.717, 1.165) is 11.3 Å². The molecule has 6 heteroatoms. The van der Waals surface area contributed by atoms with Crippen LogP contribution in [0.15, 0.2) is 29.1 Å². The van der Waals surface area contributed by atoms with Crippen molar-refractivity contribution in [3.63, 3.8) is 0 Å². The fourth-order valence-corrected chi connectivity index (χ4v) is 2.07. The Hall–Kier alpha value is -2.37. The minimum Gasteiger partial charge on any atom is -0.497 e. The zero-order chi connectivity index (χ0) is 16.3. The van der Waals surface area contributed by atoms with Crippen molar-refractivity contribution in [3.05, 3.63) is 45.9 Å². The van der Waals surface area contributed by atoms with Crippen molar-refractivity contribution in [1.29, 1.82) is 0 Å². The smallest absolute Gasteiger partial charge is 0.274 e. The number of nitrogens with one attached hydrogen (secondary N) is 2. The zero-order valence-electron chi connectivity index (χ0n) is 13.6. The van der Waals surface area contributed by atoms with E-state index in [2.05, 4.69) is 20.5 Å². The van der Waals surface area contributed by atoms with Gasteiger partial charge in [0.15, 0.2) is 0 Å². The van der Waals surface area contributed by atoms with Crippen LogP contribution < -0.4 is 15.6 Å². The van der Waals surface area contributed by atoms with Crippen molar-refractivity contribution < 1.29 is 4.74 Å². The van der Waals surface area contributed by atoms with Gasteiger partial charge in [0.1, 0.15) is 11.4 Å².